The molecule has 0 fully saturated rings. The Morgan fingerprint density at radius 3 is 2.74 bits per heavy atom. The monoisotopic (exact) mass is 370 g/mol. The van der Waals surface area contributed by atoms with Crippen molar-refractivity contribution < 1.29 is 4.79 Å². The zero-order valence-electron chi connectivity index (χ0n) is 13.4. The Bertz CT molecular complexity index is 882. The number of hydrogen-bond donors (Lipinski definition) is 1. The summed E-state index contributed by atoms with van der Waals surface area (Å²) < 4.78 is 3.04. The van der Waals surface area contributed by atoms with Crippen molar-refractivity contribution in [3.05, 3.63) is 64.3 Å². The van der Waals surface area contributed by atoms with E-state index in [0.29, 0.717) is 0 Å². The van der Waals surface area contributed by atoms with Crippen LogP contribution in [0.15, 0.2) is 53.1 Å². The van der Waals surface area contributed by atoms with Gasteiger partial charge in [-0.2, -0.15) is 0 Å². The standard InChI is InChI=1S/C19H19BrN2O/c1-12-5-4-6-17(13(12)2)21-19(23)14(3)22-10-9-15-11-16(20)7-8-18(15)22/h4-11,14H,1-3H3,(H,21,23). The molecule has 0 radical (unpaired) electrons. The molecule has 1 amide bonds. The number of hydrogen-bond acceptors (Lipinski definition) is 1. The van der Waals surface area contributed by atoms with Gasteiger partial charge in [0.15, 0.2) is 0 Å². The molecule has 0 spiro atoms. The number of nitrogens with one attached hydrogen (secondary N) is 1. The number of aromatic nitrogens is 1. The Labute approximate surface area is 144 Å². The molecule has 3 nitrogen and oxygen atoms in total. The minimum atomic E-state index is -0.284. The minimum absolute atomic E-state index is 0.0147. The molecule has 0 saturated heterocycles. The van der Waals surface area contributed by atoms with E-state index in [1.807, 2.05) is 67.9 Å². The van der Waals surface area contributed by atoms with Crippen LogP contribution >= 0.6 is 15.9 Å². The van der Waals surface area contributed by atoms with Crippen molar-refractivity contribution >= 4 is 38.4 Å². The van der Waals surface area contributed by atoms with Crippen molar-refractivity contribution in [1.29, 1.82) is 0 Å². The molecule has 0 saturated carbocycles. The summed E-state index contributed by atoms with van der Waals surface area (Å²) in [7, 11) is 0. The molecule has 23 heavy (non-hydrogen) atoms. The van der Waals surface area contributed by atoms with Crippen molar-refractivity contribution in [2.75, 3.05) is 5.32 Å². The van der Waals surface area contributed by atoms with Crippen LogP contribution in [0.25, 0.3) is 10.9 Å². The number of amides is 1. The van der Waals surface area contributed by atoms with Crippen LogP contribution in [0, 0.1) is 13.8 Å². The summed E-state index contributed by atoms with van der Waals surface area (Å²) in [5.74, 6) is -0.0147. The molecule has 118 valence electrons. The van der Waals surface area contributed by atoms with Crippen molar-refractivity contribution in [1.82, 2.24) is 4.57 Å². The van der Waals surface area contributed by atoms with Crippen molar-refractivity contribution in [3.8, 4) is 0 Å². The Kier molecular flexibility index (Phi) is 4.26. The molecule has 1 heterocycles. The fourth-order valence-corrected chi connectivity index (χ4v) is 3.10. The van der Waals surface area contributed by atoms with Gasteiger partial charge in [-0.05, 0) is 62.2 Å². The molecular formula is C19H19BrN2O. The number of carbonyl (C=O) groups excluding carboxylic acids is 1. The molecule has 1 N–H and O–H groups in total. The third-order valence-corrected chi connectivity index (χ3v) is 4.83. The number of carbonyl (C=O) groups is 1. The first-order valence-corrected chi connectivity index (χ1v) is 8.40. The van der Waals surface area contributed by atoms with Gasteiger partial charge in [-0.3, -0.25) is 4.79 Å². The van der Waals surface area contributed by atoms with Gasteiger partial charge in [0.2, 0.25) is 5.91 Å². The molecule has 1 unspecified atom stereocenters. The smallest absolute Gasteiger partial charge is 0.247 e. The number of nitrogens with zero attached hydrogens (tertiary/aromatic N) is 1. The fourth-order valence-electron chi connectivity index (χ4n) is 2.72. The number of rotatable bonds is 3. The Morgan fingerprint density at radius 2 is 1.96 bits per heavy atom. The number of aryl methyl sites for hydroxylation is 1. The largest absolute Gasteiger partial charge is 0.335 e. The van der Waals surface area contributed by atoms with E-state index < -0.39 is 0 Å². The van der Waals surface area contributed by atoms with Gasteiger partial charge in [0.05, 0.1) is 0 Å². The lowest BCUT2D eigenvalue weighted by Crippen LogP contribution is -2.23. The predicted octanol–water partition coefficient (Wildman–Crippen LogP) is 5.22. The molecule has 1 atom stereocenters. The van der Waals surface area contributed by atoms with Crippen LogP contribution in [0.3, 0.4) is 0 Å². The second-order valence-corrected chi connectivity index (χ2v) is 6.75. The van der Waals surface area contributed by atoms with Gasteiger partial charge in [-0.15, -0.1) is 0 Å². The highest BCUT2D eigenvalue weighted by molar-refractivity contribution is 9.10. The molecule has 2 aromatic carbocycles. The first kappa shape index (κ1) is 15.8. The van der Waals surface area contributed by atoms with E-state index in [-0.39, 0.29) is 11.9 Å². The van der Waals surface area contributed by atoms with Crippen LogP contribution < -0.4 is 5.32 Å². The van der Waals surface area contributed by atoms with Crippen molar-refractivity contribution in [3.63, 3.8) is 0 Å². The Hall–Kier alpha value is -2.07. The number of benzene rings is 2. The second-order valence-electron chi connectivity index (χ2n) is 5.84. The first-order valence-electron chi connectivity index (χ1n) is 7.60. The summed E-state index contributed by atoms with van der Waals surface area (Å²) in [6, 6.07) is 13.8. The van der Waals surface area contributed by atoms with Crippen LogP contribution in [0.4, 0.5) is 5.69 Å². The Balaban J connectivity index is 1.88. The highest BCUT2D eigenvalue weighted by Gasteiger charge is 2.17. The number of anilines is 1. The molecule has 0 aliphatic carbocycles. The third kappa shape index (κ3) is 3.04. The molecule has 4 heteroatoms. The molecule has 0 aliphatic heterocycles. The average Bonchev–Trinajstić information content (AvgIpc) is 2.93. The molecule has 1 aromatic heterocycles. The van der Waals surface area contributed by atoms with Gasteiger partial charge in [0.1, 0.15) is 6.04 Å². The van der Waals surface area contributed by atoms with Gasteiger partial charge >= 0.3 is 0 Å². The summed E-state index contributed by atoms with van der Waals surface area (Å²) >= 11 is 3.48. The SMILES string of the molecule is Cc1cccc(NC(=O)C(C)n2ccc3cc(Br)ccc32)c1C. The zero-order chi connectivity index (χ0) is 16.6. The minimum Gasteiger partial charge on any atom is -0.335 e. The highest BCUT2D eigenvalue weighted by Crippen LogP contribution is 2.25. The van der Waals surface area contributed by atoms with Gasteiger partial charge in [-0.1, -0.05) is 28.1 Å². The summed E-state index contributed by atoms with van der Waals surface area (Å²) in [4.78, 5) is 12.6. The van der Waals surface area contributed by atoms with Crippen LogP contribution in [0.1, 0.15) is 24.1 Å². The Morgan fingerprint density at radius 1 is 1.17 bits per heavy atom. The summed E-state index contributed by atoms with van der Waals surface area (Å²) in [5, 5.41) is 4.16. The second kappa shape index (κ2) is 6.20. The lowest BCUT2D eigenvalue weighted by atomic mass is 10.1. The number of halogens is 1. The molecule has 0 aliphatic rings. The highest BCUT2D eigenvalue weighted by atomic mass is 79.9. The zero-order valence-corrected chi connectivity index (χ0v) is 15.0. The van der Waals surface area contributed by atoms with E-state index in [4.69, 9.17) is 0 Å². The molecule has 3 aromatic rings. The van der Waals surface area contributed by atoms with E-state index >= 15 is 0 Å². The predicted molar refractivity (Wildman–Crippen MR) is 98.9 cm³/mol. The molecular weight excluding hydrogens is 352 g/mol. The topological polar surface area (TPSA) is 34.0 Å². The first-order chi connectivity index (χ1) is 11.0. The van der Waals surface area contributed by atoms with E-state index in [0.717, 1.165) is 26.6 Å². The van der Waals surface area contributed by atoms with Gasteiger partial charge in [0, 0.05) is 27.3 Å². The van der Waals surface area contributed by atoms with E-state index in [1.165, 1.54) is 5.56 Å². The van der Waals surface area contributed by atoms with Crippen LogP contribution in [0.2, 0.25) is 0 Å². The normalized spacial score (nSPS) is 12.3. The van der Waals surface area contributed by atoms with Gasteiger partial charge in [0.25, 0.3) is 0 Å². The number of fused-ring (bicyclic) bond motifs is 1. The maximum absolute atomic E-state index is 12.6. The van der Waals surface area contributed by atoms with E-state index in [2.05, 4.69) is 27.3 Å². The maximum atomic E-state index is 12.6. The van der Waals surface area contributed by atoms with Crippen LogP contribution in [-0.2, 0) is 4.79 Å². The van der Waals surface area contributed by atoms with E-state index in [9.17, 15) is 4.79 Å². The average molecular weight is 371 g/mol. The van der Waals surface area contributed by atoms with E-state index in [1.54, 1.807) is 0 Å². The van der Waals surface area contributed by atoms with Gasteiger partial charge < -0.3 is 9.88 Å². The maximum Gasteiger partial charge on any atom is 0.247 e. The third-order valence-electron chi connectivity index (χ3n) is 4.34. The molecule has 3 rings (SSSR count). The van der Waals surface area contributed by atoms with Crippen LogP contribution in [0.5, 0.6) is 0 Å². The lowest BCUT2D eigenvalue weighted by molar-refractivity contribution is -0.118. The summed E-state index contributed by atoms with van der Waals surface area (Å²) in [5.41, 5.74) is 4.21. The van der Waals surface area contributed by atoms with Crippen LogP contribution in [-0.4, -0.2) is 10.5 Å². The molecule has 0 bridgehead atoms. The van der Waals surface area contributed by atoms with Gasteiger partial charge in [-0.25, -0.2) is 0 Å². The van der Waals surface area contributed by atoms with Crippen molar-refractivity contribution in [2.45, 2.75) is 26.8 Å². The summed E-state index contributed by atoms with van der Waals surface area (Å²) in [6.45, 7) is 5.99. The summed E-state index contributed by atoms with van der Waals surface area (Å²) in [6.07, 6.45) is 1.96. The lowest BCUT2D eigenvalue weighted by Gasteiger charge is -2.17. The van der Waals surface area contributed by atoms with Crippen molar-refractivity contribution in [2.24, 2.45) is 0 Å². The fraction of sp³-hybridized carbons (Fsp3) is 0.211. The quantitative estimate of drug-likeness (QED) is 0.673.